The van der Waals surface area contributed by atoms with Gasteiger partial charge in [-0.2, -0.15) is 0 Å². The summed E-state index contributed by atoms with van der Waals surface area (Å²) >= 11 is 0. The molecule has 92 valence electrons. The Morgan fingerprint density at radius 2 is 2.24 bits per heavy atom. The minimum Gasteiger partial charge on any atom is -0.466 e. The molecule has 1 rings (SSSR count). The van der Waals surface area contributed by atoms with Crippen LogP contribution in [0.2, 0.25) is 0 Å². The Morgan fingerprint density at radius 1 is 1.53 bits per heavy atom. The van der Waals surface area contributed by atoms with E-state index in [9.17, 15) is 9.59 Å². The van der Waals surface area contributed by atoms with Gasteiger partial charge in [0.15, 0.2) is 0 Å². The maximum absolute atomic E-state index is 11.5. The first-order chi connectivity index (χ1) is 7.95. The zero-order valence-corrected chi connectivity index (χ0v) is 9.90. The number of allylic oxidation sites excluding steroid dienone is 1. The normalized spacial score (nSPS) is 23.3. The fourth-order valence-electron chi connectivity index (χ4n) is 1.37. The average molecular weight is 236 g/mol. The van der Waals surface area contributed by atoms with Crippen LogP contribution in [0.25, 0.3) is 0 Å². The Kier molecular flexibility index (Phi) is 4.09. The number of amides is 1. The molecule has 0 bridgehead atoms. The van der Waals surface area contributed by atoms with E-state index in [1.54, 1.807) is 6.08 Å². The fourth-order valence-corrected chi connectivity index (χ4v) is 1.37. The molecule has 0 heterocycles. The molecule has 0 aromatic rings. The molecular weight excluding hydrogens is 220 g/mol. The van der Waals surface area contributed by atoms with Gasteiger partial charge in [-0.25, -0.2) is 4.79 Å². The van der Waals surface area contributed by atoms with E-state index < -0.39 is 11.5 Å². The van der Waals surface area contributed by atoms with Gasteiger partial charge in [0.05, 0.1) is 12.6 Å². The first kappa shape index (κ1) is 13.0. The predicted molar refractivity (Wildman–Crippen MR) is 63.7 cm³/mol. The molecule has 5 nitrogen and oxygen atoms in total. The summed E-state index contributed by atoms with van der Waals surface area (Å²) < 4.78 is 4.38. The molecule has 0 spiro atoms. The predicted octanol–water partition coefficient (Wildman–Crippen LogP) is 0.393. The van der Waals surface area contributed by atoms with Crippen LogP contribution in [0.1, 0.15) is 13.3 Å². The maximum atomic E-state index is 11.5. The summed E-state index contributed by atoms with van der Waals surface area (Å²) in [5.41, 5.74) is 5.80. The van der Waals surface area contributed by atoms with Gasteiger partial charge in [-0.15, -0.1) is 0 Å². The second kappa shape index (κ2) is 5.34. The van der Waals surface area contributed by atoms with Crippen LogP contribution < -0.4 is 11.1 Å². The van der Waals surface area contributed by atoms with Gasteiger partial charge in [0.2, 0.25) is 5.91 Å². The summed E-state index contributed by atoms with van der Waals surface area (Å²) in [6.45, 7) is 1.87. The Balaban J connectivity index is 2.55. The molecule has 3 N–H and O–H groups in total. The van der Waals surface area contributed by atoms with Gasteiger partial charge in [0.1, 0.15) is 0 Å². The van der Waals surface area contributed by atoms with Gasteiger partial charge in [-0.05, 0) is 19.4 Å². The Labute approximate surface area is 100 Å². The quantitative estimate of drug-likeness (QED) is 0.548. The minimum absolute atomic E-state index is 0.351. The fraction of sp³-hybridized carbons (Fsp3) is 0.333. The third-order valence-electron chi connectivity index (χ3n) is 2.39. The van der Waals surface area contributed by atoms with Gasteiger partial charge < -0.3 is 15.8 Å². The van der Waals surface area contributed by atoms with Crippen LogP contribution in [-0.4, -0.2) is 24.5 Å². The topological polar surface area (TPSA) is 81.4 Å². The summed E-state index contributed by atoms with van der Waals surface area (Å²) in [5.74, 6) is -0.912. The third kappa shape index (κ3) is 4.14. The van der Waals surface area contributed by atoms with Gasteiger partial charge in [0.25, 0.3) is 0 Å². The zero-order valence-electron chi connectivity index (χ0n) is 9.90. The van der Waals surface area contributed by atoms with Crippen LogP contribution in [0.15, 0.2) is 36.1 Å². The molecule has 1 aliphatic rings. The number of carbonyl (C=O) groups is 2. The number of nitrogens with two attached hydrogens (primary N) is 1. The number of hydrogen-bond donors (Lipinski definition) is 2. The van der Waals surface area contributed by atoms with Crippen molar-refractivity contribution >= 4 is 11.9 Å². The SMILES string of the molecule is COC(=O)/C=C\C(=O)NC1(C)C=CC(N)=CC1. The van der Waals surface area contributed by atoms with Crippen LogP contribution >= 0.6 is 0 Å². The van der Waals surface area contributed by atoms with Crippen molar-refractivity contribution in [3.05, 3.63) is 36.1 Å². The van der Waals surface area contributed by atoms with E-state index in [1.165, 1.54) is 7.11 Å². The third-order valence-corrected chi connectivity index (χ3v) is 2.39. The zero-order chi connectivity index (χ0) is 12.9. The summed E-state index contributed by atoms with van der Waals surface area (Å²) in [4.78, 5) is 22.3. The summed E-state index contributed by atoms with van der Waals surface area (Å²) in [6.07, 6.45) is 8.25. The van der Waals surface area contributed by atoms with Gasteiger partial charge in [-0.3, -0.25) is 4.79 Å². The highest BCUT2D eigenvalue weighted by molar-refractivity contribution is 5.94. The van der Waals surface area contributed by atoms with Gasteiger partial charge in [-0.1, -0.05) is 12.2 Å². The summed E-state index contributed by atoms with van der Waals surface area (Å²) in [5, 5.41) is 2.77. The van der Waals surface area contributed by atoms with E-state index in [0.29, 0.717) is 12.1 Å². The van der Waals surface area contributed by atoms with Crippen molar-refractivity contribution in [3.8, 4) is 0 Å². The minimum atomic E-state index is -0.561. The van der Waals surface area contributed by atoms with Crippen molar-refractivity contribution in [2.45, 2.75) is 18.9 Å². The number of carbonyl (C=O) groups excluding carboxylic acids is 2. The highest BCUT2D eigenvalue weighted by atomic mass is 16.5. The lowest BCUT2D eigenvalue weighted by Gasteiger charge is -2.28. The van der Waals surface area contributed by atoms with Gasteiger partial charge >= 0.3 is 5.97 Å². The van der Waals surface area contributed by atoms with E-state index in [1.807, 2.05) is 19.1 Å². The molecule has 1 unspecified atom stereocenters. The van der Waals surface area contributed by atoms with Crippen molar-refractivity contribution in [1.82, 2.24) is 5.32 Å². The molecule has 0 saturated heterocycles. The van der Waals surface area contributed by atoms with Crippen LogP contribution in [0.5, 0.6) is 0 Å². The van der Waals surface area contributed by atoms with Crippen molar-refractivity contribution in [1.29, 1.82) is 0 Å². The molecule has 0 radical (unpaired) electrons. The molecule has 1 aliphatic carbocycles. The molecule has 0 aliphatic heterocycles. The molecule has 0 saturated carbocycles. The molecule has 1 atom stereocenters. The van der Waals surface area contributed by atoms with Crippen LogP contribution in [0.3, 0.4) is 0 Å². The highest BCUT2D eigenvalue weighted by Gasteiger charge is 2.23. The Morgan fingerprint density at radius 3 is 2.76 bits per heavy atom. The molecule has 0 fully saturated rings. The second-order valence-electron chi connectivity index (χ2n) is 4.00. The van der Waals surface area contributed by atoms with Crippen molar-refractivity contribution < 1.29 is 14.3 Å². The summed E-state index contributed by atoms with van der Waals surface area (Å²) in [7, 11) is 1.25. The van der Waals surface area contributed by atoms with E-state index in [4.69, 9.17) is 5.73 Å². The molecule has 0 aromatic carbocycles. The van der Waals surface area contributed by atoms with E-state index >= 15 is 0 Å². The molecule has 0 aromatic heterocycles. The highest BCUT2D eigenvalue weighted by Crippen LogP contribution is 2.18. The van der Waals surface area contributed by atoms with Crippen LogP contribution in [0.4, 0.5) is 0 Å². The smallest absolute Gasteiger partial charge is 0.330 e. The van der Waals surface area contributed by atoms with E-state index in [-0.39, 0.29) is 5.91 Å². The van der Waals surface area contributed by atoms with Crippen molar-refractivity contribution in [3.63, 3.8) is 0 Å². The van der Waals surface area contributed by atoms with Crippen LogP contribution in [-0.2, 0) is 14.3 Å². The first-order valence-electron chi connectivity index (χ1n) is 5.18. The number of methoxy groups -OCH3 is 1. The molecule has 17 heavy (non-hydrogen) atoms. The Bertz CT molecular complexity index is 410. The number of rotatable bonds is 3. The second-order valence-corrected chi connectivity index (χ2v) is 4.00. The van der Waals surface area contributed by atoms with Crippen molar-refractivity contribution in [2.75, 3.05) is 7.11 Å². The van der Waals surface area contributed by atoms with Gasteiger partial charge in [0, 0.05) is 17.8 Å². The first-order valence-corrected chi connectivity index (χ1v) is 5.18. The lowest BCUT2D eigenvalue weighted by atomic mass is 9.92. The molecular formula is C12H16N2O3. The van der Waals surface area contributed by atoms with Crippen LogP contribution in [0, 0.1) is 0 Å². The molecule has 5 heteroatoms. The average Bonchev–Trinajstić information content (AvgIpc) is 2.30. The lowest BCUT2D eigenvalue weighted by molar-refractivity contribution is -0.135. The lowest BCUT2D eigenvalue weighted by Crippen LogP contribution is -2.44. The van der Waals surface area contributed by atoms with E-state index in [0.717, 1.165) is 12.2 Å². The standard InChI is InChI=1S/C12H16N2O3/c1-12(7-5-9(13)6-8-12)14-10(15)3-4-11(16)17-2/h3-7H,8,13H2,1-2H3,(H,14,15)/b4-3-. The summed E-state index contributed by atoms with van der Waals surface area (Å²) in [6, 6.07) is 0. The number of hydrogen-bond acceptors (Lipinski definition) is 4. The number of esters is 1. The van der Waals surface area contributed by atoms with E-state index in [2.05, 4.69) is 10.1 Å². The van der Waals surface area contributed by atoms with Crippen molar-refractivity contribution in [2.24, 2.45) is 5.73 Å². The molecule has 1 amide bonds. The largest absolute Gasteiger partial charge is 0.466 e. The Hall–Kier alpha value is -2.04. The maximum Gasteiger partial charge on any atom is 0.330 e. The number of nitrogens with one attached hydrogen (secondary N) is 1. The number of ether oxygens (including phenoxy) is 1. The monoisotopic (exact) mass is 236 g/mol.